The van der Waals surface area contributed by atoms with E-state index in [0.717, 1.165) is 4.57 Å². The molecule has 0 aromatic carbocycles. The number of hydrogen-bond donors (Lipinski definition) is 3. The van der Waals surface area contributed by atoms with Crippen LogP contribution in [0, 0.1) is 6.92 Å². The highest BCUT2D eigenvalue weighted by Gasteiger charge is 2.16. The molecule has 0 radical (unpaired) electrons. The molecule has 7 heteroatoms. The Morgan fingerprint density at radius 2 is 2.06 bits per heavy atom. The standard InChI is InChI=1S/C10H16N2O5/c1-6-3-12(10(16)11-9(6)15)8(5-14)17-7(2)4-13/h3,7-8,13-14H,4-5H2,1-2H3,(H,11,15,16)/t7-,8+/m0/s1. The monoisotopic (exact) mass is 244 g/mol. The lowest BCUT2D eigenvalue weighted by Gasteiger charge is -2.21. The van der Waals surface area contributed by atoms with Crippen LogP contribution in [-0.2, 0) is 4.74 Å². The molecule has 0 aliphatic carbocycles. The number of ether oxygens (including phenoxy) is 1. The van der Waals surface area contributed by atoms with E-state index >= 15 is 0 Å². The minimum atomic E-state index is -0.930. The van der Waals surface area contributed by atoms with Crippen molar-refractivity contribution in [1.29, 1.82) is 0 Å². The second kappa shape index (κ2) is 5.76. The Morgan fingerprint density at radius 1 is 1.41 bits per heavy atom. The zero-order chi connectivity index (χ0) is 13.0. The van der Waals surface area contributed by atoms with Crippen LogP contribution in [0.2, 0.25) is 0 Å². The van der Waals surface area contributed by atoms with Gasteiger partial charge in [0.15, 0.2) is 6.23 Å². The van der Waals surface area contributed by atoms with Gasteiger partial charge in [0.2, 0.25) is 0 Å². The molecule has 0 unspecified atom stereocenters. The lowest BCUT2D eigenvalue weighted by atomic mass is 10.4. The summed E-state index contributed by atoms with van der Waals surface area (Å²) in [7, 11) is 0. The average molecular weight is 244 g/mol. The summed E-state index contributed by atoms with van der Waals surface area (Å²) in [4.78, 5) is 24.8. The van der Waals surface area contributed by atoms with Crippen LogP contribution in [0.1, 0.15) is 18.7 Å². The Morgan fingerprint density at radius 3 is 2.59 bits per heavy atom. The maximum Gasteiger partial charge on any atom is 0.330 e. The third-order valence-corrected chi connectivity index (χ3v) is 2.26. The van der Waals surface area contributed by atoms with Gasteiger partial charge in [0.05, 0.1) is 19.3 Å². The first-order chi connectivity index (χ1) is 7.99. The van der Waals surface area contributed by atoms with Gasteiger partial charge in [0.1, 0.15) is 0 Å². The number of aryl methyl sites for hydroxylation is 1. The number of aliphatic hydroxyl groups is 2. The summed E-state index contributed by atoms with van der Waals surface area (Å²) in [5.74, 6) is 0. The molecule has 0 spiro atoms. The lowest BCUT2D eigenvalue weighted by Crippen LogP contribution is -2.37. The molecule has 0 aliphatic rings. The van der Waals surface area contributed by atoms with Gasteiger partial charge in [0.25, 0.3) is 5.56 Å². The number of aromatic nitrogens is 2. The van der Waals surface area contributed by atoms with Crippen LogP contribution in [-0.4, -0.2) is 39.1 Å². The molecule has 0 saturated carbocycles. The summed E-state index contributed by atoms with van der Waals surface area (Å²) >= 11 is 0. The van der Waals surface area contributed by atoms with Gasteiger partial charge in [-0.15, -0.1) is 0 Å². The highest BCUT2D eigenvalue weighted by molar-refractivity contribution is 5.01. The van der Waals surface area contributed by atoms with Crippen LogP contribution in [0.25, 0.3) is 0 Å². The van der Waals surface area contributed by atoms with Crippen LogP contribution < -0.4 is 11.2 Å². The predicted molar refractivity (Wildman–Crippen MR) is 59.8 cm³/mol. The van der Waals surface area contributed by atoms with E-state index in [0.29, 0.717) is 5.56 Å². The average Bonchev–Trinajstić information content (AvgIpc) is 2.30. The third kappa shape index (κ3) is 3.26. The molecule has 17 heavy (non-hydrogen) atoms. The molecule has 1 aromatic rings. The van der Waals surface area contributed by atoms with Crippen LogP contribution in [0.3, 0.4) is 0 Å². The minimum Gasteiger partial charge on any atom is -0.394 e. The van der Waals surface area contributed by atoms with E-state index in [-0.39, 0.29) is 6.61 Å². The maximum atomic E-state index is 11.5. The van der Waals surface area contributed by atoms with E-state index in [9.17, 15) is 9.59 Å². The Bertz CT molecular complexity index is 478. The van der Waals surface area contributed by atoms with Crippen molar-refractivity contribution in [1.82, 2.24) is 9.55 Å². The Kier molecular flexibility index (Phi) is 4.62. The van der Waals surface area contributed by atoms with E-state index in [1.165, 1.54) is 6.20 Å². The Balaban J connectivity index is 3.08. The number of rotatable bonds is 5. The molecule has 0 fully saturated rings. The topological polar surface area (TPSA) is 105 Å². The fourth-order valence-corrected chi connectivity index (χ4v) is 1.31. The van der Waals surface area contributed by atoms with E-state index in [1.54, 1.807) is 13.8 Å². The fraction of sp³-hybridized carbons (Fsp3) is 0.600. The molecule has 0 bridgehead atoms. The molecule has 2 atom stereocenters. The largest absolute Gasteiger partial charge is 0.394 e. The first-order valence-electron chi connectivity index (χ1n) is 5.18. The molecule has 0 aliphatic heterocycles. The fourth-order valence-electron chi connectivity index (χ4n) is 1.31. The summed E-state index contributed by atoms with van der Waals surface area (Å²) in [6, 6.07) is 0. The van der Waals surface area contributed by atoms with E-state index < -0.39 is 30.2 Å². The molecule has 3 N–H and O–H groups in total. The first kappa shape index (κ1) is 13.6. The molecule has 1 heterocycles. The molecule has 0 saturated heterocycles. The second-order valence-electron chi connectivity index (χ2n) is 3.75. The van der Waals surface area contributed by atoms with Crippen molar-refractivity contribution in [3.63, 3.8) is 0 Å². The Labute approximate surface area is 97.3 Å². The van der Waals surface area contributed by atoms with Gasteiger partial charge in [-0.3, -0.25) is 14.3 Å². The number of nitrogens with zero attached hydrogens (tertiary/aromatic N) is 1. The normalized spacial score (nSPS) is 14.6. The number of aliphatic hydroxyl groups excluding tert-OH is 2. The highest BCUT2D eigenvalue weighted by Crippen LogP contribution is 2.07. The molecular weight excluding hydrogens is 228 g/mol. The van der Waals surface area contributed by atoms with Gasteiger partial charge < -0.3 is 14.9 Å². The summed E-state index contributed by atoms with van der Waals surface area (Å²) in [5, 5.41) is 18.0. The van der Waals surface area contributed by atoms with Crippen LogP contribution in [0.4, 0.5) is 0 Å². The van der Waals surface area contributed by atoms with Gasteiger partial charge >= 0.3 is 5.69 Å². The minimum absolute atomic E-state index is 0.229. The van der Waals surface area contributed by atoms with Crippen molar-refractivity contribution in [2.24, 2.45) is 0 Å². The number of H-pyrrole nitrogens is 1. The zero-order valence-corrected chi connectivity index (χ0v) is 9.71. The van der Waals surface area contributed by atoms with Gasteiger partial charge in [-0.2, -0.15) is 0 Å². The highest BCUT2D eigenvalue weighted by atomic mass is 16.5. The van der Waals surface area contributed by atoms with Crippen LogP contribution in [0.5, 0.6) is 0 Å². The van der Waals surface area contributed by atoms with Crippen molar-refractivity contribution < 1.29 is 14.9 Å². The lowest BCUT2D eigenvalue weighted by molar-refractivity contribution is -0.0909. The summed E-state index contributed by atoms with van der Waals surface area (Å²) in [5.41, 5.74) is -0.800. The number of nitrogens with one attached hydrogen (secondary N) is 1. The number of aromatic amines is 1. The van der Waals surface area contributed by atoms with E-state index in [4.69, 9.17) is 14.9 Å². The van der Waals surface area contributed by atoms with Gasteiger partial charge in [0, 0.05) is 11.8 Å². The maximum absolute atomic E-state index is 11.5. The molecule has 1 aromatic heterocycles. The van der Waals surface area contributed by atoms with Gasteiger partial charge in [-0.05, 0) is 13.8 Å². The van der Waals surface area contributed by atoms with Crippen molar-refractivity contribution >= 4 is 0 Å². The smallest absolute Gasteiger partial charge is 0.330 e. The molecule has 96 valence electrons. The van der Waals surface area contributed by atoms with E-state index in [2.05, 4.69) is 4.98 Å². The number of hydrogen-bond acceptors (Lipinski definition) is 5. The van der Waals surface area contributed by atoms with E-state index in [1.807, 2.05) is 0 Å². The van der Waals surface area contributed by atoms with Crippen LogP contribution >= 0.6 is 0 Å². The van der Waals surface area contributed by atoms with Crippen molar-refractivity contribution in [3.8, 4) is 0 Å². The second-order valence-corrected chi connectivity index (χ2v) is 3.75. The zero-order valence-electron chi connectivity index (χ0n) is 9.71. The quantitative estimate of drug-likeness (QED) is 0.599. The third-order valence-electron chi connectivity index (χ3n) is 2.26. The van der Waals surface area contributed by atoms with Gasteiger partial charge in [-0.25, -0.2) is 4.79 Å². The molecule has 1 rings (SSSR count). The van der Waals surface area contributed by atoms with Crippen molar-refractivity contribution in [2.75, 3.05) is 13.2 Å². The summed E-state index contributed by atoms with van der Waals surface area (Å²) in [6.45, 7) is 2.48. The van der Waals surface area contributed by atoms with Crippen LogP contribution in [0.15, 0.2) is 15.8 Å². The molecular formula is C10H16N2O5. The summed E-state index contributed by atoms with van der Waals surface area (Å²) < 4.78 is 6.34. The molecule has 0 amide bonds. The first-order valence-corrected chi connectivity index (χ1v) is 5.18. The summed E-state index contributed by atoms with van der Waals surface area (Å²) in [6.07, 6.45) is -0.141. The van der Waals surface area contributed by atoms with Crippen molar-refractivity contribution in [3.05, 3.63) is 32.6 Å². The van der Waals surface area contributed by atoms with Gasteiger partial charge in [-0.1, -0.05) is 0 Å². The molecule has 7 nitrogen and oxygen atoms in total. The van der Waals surface area contributed by atoms with Crippen molar-refractivity contribution in [2.45, 2.75) is 26.2 Å². The SMILES string of the molecule is Cc1cn([C@@H](CO)O[C@@H](C)CO)c(=O)[nH]c1=O. The predicted octanol–water partition coefficient (Wildman–Crippen LogP) is -1.27. The Hall–Kier alpha value is -1.44.